The number of rotatable bonds is 8. The van der Waals surface area contributed by atoms with Gasteiger partial charge in [0, 0.05) is 30.9 Å². The number of aryl methyl sites for hydroxylation is 1. The van der Waals surface area contributed by atoms with Crippen molar-refractivity contribution in [2.24, 2.45) is 0 Å². The first-order chi connectivity index (χ1) is 13.6. The fourth-order valence-corrected chi connectivity index (χ4v) is 2.93. The number of hydrogen-bond donors (Lipinski definition) is 1. The largest absolute Gasteiger partial charge is 0.497 e. The Hall–Kier alpha value is -3.28. The second-order valence-corrected chi connectivity index (χ2v) is 6.39. The average Bonchev–Trinajstić information content (AvgIpc) is 2.72. The molecule has 0 aliphatic heterocycles. The predicted molar refractivity (Wildman–Crippen MR) is 113 cm³/mol. The van der Waals surface area contributed by atoms with Gasteiger partial charge in [-0.05, 0) is 31.5 Å². The molecule has 2 aromatic carbocycles. The number of aromatic nitrogens is 2. The molecule has 1 aromatic heterocycles. The Morgan fingerprint density at radius 3 is 2.43 bits per heavy atom. The first-order valence-electron chi connectivity index (χ1n) is 9.26. The van der Waals surface area contributed by atoms with Crippen molar-refractivity contribution in [3.8, 4) is 11.5 Å². The second-order valence-electron chi connectivity index (χ2n) is 6.39. The van der Waals surface area contributed by atoms with Gasteiger partial charge in [0.05, 0.1) is 19.9 Å². The summed E-state index contributed by atoms with van der Waals surface area (Å²) >= 11 is 0. The molecule has 0 radical (unpaired) electrons. The van der Waals surface area contributed by atoms with Gasteiger partial charge in [-0.15, -0.1) is 0 Å². The quantitative estimate of drug-likeness (QED) is 0.619. The van der Waals surface area contributed by atoms with Crippen LogP contribution in [0.2, 0.25) is 0 Å². The van der Waals surface area contributed by atoms with E-state index < -0.39 is 0 Å². The summed E-state index contributed by atoms with van der Waals surface area (Å²) in [4.78, 5) is 11.5. The van der Waals surface area contributed by atoms with Crippen LogP contribution in [-0.2, 0) is 6.54 Å². The zero-order valence-electron chi connectivity index (χ0n) is 16.8. The zero-order valence-corrected chi connectivity index (χ0v) is 16.8. The van der Waals surface area contributed by atoms with Crippen LogP contribution >= 0.6 is 0 Å². The molecule has 0 aliphatic carbocycles. The Morgan fingerprint density at radius 2 is 1.75 bits per heavy atom. The van der Waals surface area contributed by atoms with Crippen molar-refractivity contribution in [3.63, 3.8) is 0 Å². The van der Waals surface area contributed by atoms with Gasteiger partial charge in [-0.25, -0.2) is 4.98 Å². The fraction of sp³-hybridized carbons (Fsp3) is 0.273. The Morgan fingerprint density at radius 1 is 0.964 bits per heavy atom. The van der Waals surface area contributed by atoms with Crippen LogP contribution in [-0.4, -0.2) is 30.7 Å². The molecule has 3 rings (SSSR count). The molecule has 0 spiro atoms. The van der Waals surface area contributed by atoms with E-state index in [1.165, 1.54) is 5.56 Å². The SMILES string of the molecule is CCN(Cc1ccccc1)c1nc(C)cc(Nc2ccc(OC)cc2OC)n1. The Bertz CT molecular complexity index is 916. The van der Waals surface area contributed by atoms with Crippen molar-refractivity contribution in [1.82, 2.24) is 9.97 Å². The van der Waals surface area contributed by atoms with Crippen LogP contribution in [0.5, 0.6) is 11.5 Å². The van der Waals surface area contributed by atoms with Gasteiger partial charge in [0.2, 0.25) is 5.95 Å². The van der Waals surface area contributed by atoms with E-state index in [1.54, 1.807) is 14.2 Å². The molecule has 0 atom stereocenters. The predicted octanol–water partition coefficient (Wildman–Crippen LogP) is 4.57. The smallest absolute Gasteiger partial charge is 0.227 e. The normalized spacial score (nSPS) is 10.4. The van der Waals surface area contributed by atoms with Crippen molar-refractivity contribution in [2.75, 3.05) is 31.0 Å². The van der Waals surface area contributed by atoms with E-state index in [9.17, 15) is 0 Å². The van der Waals surface area contributed by atoms with Crippen LogP contribution in [0.4, 0.5) is 17.5 Å². The number of hydrogen-bond acceptors (Lipinski definition) is 6. The fourth-order valence-electron chi connectivity index (χ4n) is 2.93. The van der Waals surface area contributed by atoms with Crippen molar-refractivity contribution >= 4 is 17.5 Å². The summed E-state index contributed by atoms with van der Waals surface area (Å²) in [7, 11) is 3.27. The molecule has 3 aromatic rings. The van der Waals surface area contributed by atoms with Gasteiger partial charge in [-0.1, -0.05) is 30.3 Å². The third kappa shape index (κ3) is 4.71. The van der Waals surface area contributed by atoms with Gasteiger partial charge < -0.3 is 19.7 Å². The van der Waals surface area contributed by atoms with Gasteiger partial charge in [-0.3, -0.25) is 0 Å². The number of ether oxygens (including phenoxy) is 2. The molecule has 0 saturated heterocycles. The van der Waals surface area contributed by atoms with E-state index in [0.717, 1.165) is 36.0 Å². The first kappa shape index (κ1) is 19.5. The maximum Gasteiger partial charge on any atom is 0.227 e. The molecule has 6 nitrogen and oxygen atoms in total. The summed E-state index contributed by atoms with van der Waals surface area (Å²) in [5.41, 5.74) is 2.94. The highest BCUT2D eigenvalue weighted by atomic mass is 16.5. The molecular weight excluding hydrogens is 352 g/mol. The monoisotopic (exact) mass is 378 g/mol. The molecule has 1 N–H and O–H groups in total. The Balaban J connectivity index is 1.87. The van der Waals surface area contributed by atoms with Crippen molar-refractivity contribution in [2.45, 2.75) is 20.4 Å². The van der Waals surface area contributed by atoms with Crippen molar-refractivity contribution < 1.29 is 9.47 Å². The zero-order chi connectivity index (χ0) is 19.9. The number of nitrogens with zero attached hydrogens (tertiary/aromatic N) is 3. The average molecular weight is 378 g/mol. The van der Waals surface area contributed by atoms with Crippen LogP contribution in [0.3, 0.4) is 0 Å². The third-order valence-electron chi connectivity index (χ3n) is 4.39. The van der Waals surface area contributed by atoms with E-state index >= 15 is 0 Å². The van der Waals surface area contributed by atoms with Crippen LogP contribution in [0.25, 0.3) is 0 Å². The molecule has 28 heavy (non-hydrogen) atoms. The van der Waals surface area contributed by atoms with E-state index in [4.69, 9.17) is 14.5 Å². The molecule has 0 unspecified atom stereocenters. The summed E-state index contributed by atoms with van der Waals surface area (Å²) in [6.45, 7) is 5.64. The van der Waals surface area contributed by atoms with Crippen molar-refractivity contribution in [1.29, 1.82) is 0 Å². The number of anilines is 3. The molecule has 0 bridgehead atoms. The second kappa shape index (κ2) is 9.08. The molecule has 146 valence electrons. The van der Waals surface area contributed by atoms with E-state index in [2.05, 4.69) is 34.3 Å². The molecule has 0 fully saturated rings. The lowest BCUT2D eigenvalue weighted by atomic mass is 10.2. The van der Waals surface area contributed by atoms with Crippen molar-refractivity contribution in [3.05, 3.63) is 65.9 Å². The summed E-state index contributed by atoms with van der Waals surface area (Å²) in [5.74, 6) is 2.84. The van der Waals surface area contributed by atoms with E-state index in [-0.39, 0.29) is 0 Å². The summed E-state index contributed by atoms with van der Waals surface area (Å²) in [6, 6.07) is 17.9. The number of nitrogens with one attached hydrogen (secondary N) is 1. The van der Waals surface area contributed by atoms with Crippen LogP contribution in [0.1, 0.15) is 18.2 Å². The van der Waals surface area contributed by atoms with Gasteiger partial charge in [0.1, 0.15) is 17.3 Å². The first-order valence-corrected chi connectivity index (χ1v) is 9.26. The summed E-state index contributed by atoms with van der Waals surface area (Å²) in [6.07, 6.45) is 0. The minimum atomic E-state index is 0.689. The molecule has 0 amide bonds. The molecule has 6 heteroatoms. The van der Waals surface area contributed by atoms with Gasteiger partial charge in [-0.2, -0.15) is 4.98 Å². The Kier molecular flexibility index (Phi) is 6.32. The highest BCUT2D eigenvalue weighted by molar-refractivity contribution is 5.66. The highest BCUT2D eigenvalue weighted by Gasteiger charge is 2.12. The lowest BCUT2D eigenvalue weighted by Crippen LogP contribution is -2.24. The lowest BCUT2D eigenvalue weighted by molar-refractivity contribution is 0.395. The number of benzene rings is 2. The van der Waals surface area contributed by atoms with Gasteiger partial charge >= 0.3 is 0 Å². The van der Waals surface area contributed by atoms with E-state index in [0.29, 0.717) is 11.7 Å². The van der Waals surface area contributed by atoms with Crippen LogP contribution < -0.4 is 19.7 Å². The maximum atomic E-state index is 5.47. The molecule has 1 heterocycles. The summed E-state index contributed by atoms with van der Waals surface area (Å²) in [5, 5.41) is 3.34. The van der Waals surface area contributed by atoms with Crippen LogP contribution in [0, 0.1) is 6.92 Å². The minimum Gasteiger partial charge on any atom is -0.497 e. The van der Waals surface area contributed by atoms with Gasteiger partial charge in [0.25, 0.3) is 0 Å². The summed E-state index contributed by atoms with van der Waals surface area (Å²) < 4.78 is 10.7. The lowest BCUT2D eigenvalue weighted by Gasteiger charge is -2.22. The molecule has 0 aliphatic rings. The third-order valence-corrected chi connectivity index (χ3v) is 4.39. The minimum absolute atomic E-state index is 0.689. The number of methoxy groups -OCH3 is 2. The molecular formula is C22H26N4O2. The van der Waals surface area contributed by atoms with Crippen LogP contribution in [0.15, 0.2) is 54.6 Å². The standard InChI is InChI=1S/C22H26N4O2/c1-5-26(15-17-9-7-6-8-10-17)22-23-16(2)13-21(25-22)24-19-12-11-18(27-3)14-20(19)28-4/h6-14H,5,15H2,1-4H3,(H,23,24,25). The van der Waals surface area contributed by atoms with Gasteiger partial charge in [0.15, 0.2) is 0 Å². The highest BCUT2D eigenvalue weighted by Crippen LogP contribution is 2.31. The Labute approximate surface area is 166 Å². The topological polar surface area (TPSA) is 59.5 Å². The molecule has 0 saturated carbocycles. The maximum absolute atomic E-state index is 5.47. The van der Waals surface area contributed by atoms with E-state index in [1.807, 2.05) is 49.4 Å².